The Balaban J connectivity index is 2.96. The molecule has 1 unspecified atom stereocenters. The van der Waals surface area contributed by atoms with E-state index in [1.54, 1.807) is 12.2 Å². The molecule has 0 saturated carbocycles. The number of primary amides is 1. The van der Waals surface area contributed by atoms with Gasteiger partial charge in [0.15, 0.2) is 0 Å². The first-order valence-corrected chi connectivity index (χ1v) is 7.33. The van der Waals surface area contributed by atoms with Crippen LogP contribution in [-0.2, 0) is 0 Å². The summed E-state index contributed by atoms with van der Waals surface area (Å²) in [7, 11) is 0. The maximum Gasteiger partial charge on any atom is 0.316 e. The molecule has 23 heavy (non-hydrogen) atoms. The summed E-state index contributed by atoms with van der Waals surface area (Å²) >= 11 is 0. The number of carbonyl (C=O) groups is 1. The van der Waals surface area contributed by atoms with Gasteiger partial charge in [0.25, 0.3) is 0 Å². The average Bonchev–Trinajstić information content (AvgIpc) is 2.51. The Morgan fingerprint density at radius 2 is 2.09 bits per heavy atom. The van der Waals surface area contributed by atoms with Gasteiger partial charge in [-0.2, -0.15) is 5.26 Å². The summed E-state index contributed by atoms with van der Waals surface area (Å²) in [6.07, 6.45) is 6.83. The molecule has 5 N–H and O–H groups in total. The normalized spacial score (nSPS) is 12.6. The number of nitrogens with two attached hydrogens (primary N) is 2. The fourth-order valence-electron chi connectivity index (χ4n) is 2.35. The average molecular weight is 310 g/mol. The van der Waals surface area contributed by atoms with Crippen LogP contribution in [0.25, 0.3) is 0 Å². The lowest BCUT2D eigenvalue weighted by molar-refractivity contribution is 0.251. The first-order valence-electron chi connectivity index (χ1n) is 7.33. The van der Waals surface area contributed by atoms with E-state index in [-0.39, 0.29) is 5.92 Å². The number of nitrogens with zero attached hydrogens (tertiary/aromatic N) is 1. The summed E-state index contributed by atoms with van der Waals surface area (Å²) in [5.41, 5.74) is 13.0. The van der Waals surface area contributed by atoms with E-state index in [0.29, 0.717) is 18.5 Å². The predicted octanol–water partition coefficient (Wildman–Crippen LogP) is 3.04. The van der Waals surface area contributed by atoms with E-state index in [4.69, 9.17) is 16.7 Å². The van der Waals surface area contributed by atoms with Crippen LogP contribution in [0, 0.1) is 11.3 Å². The van der Waals surface area contributed by atoms with Crippen molar-refractivity contribution >= 4 is 6.03 Å². The van der Waals surface area contributed by atoms with E-state index in [2.05, 4.69) is 18.0 Å². The van der Waals surface area contributed by atoms with Crippen LogP contribution >= 0.6 is 0 Å². The van der Waals surface area contributed by atoms with Gasteiger partial charge in [0, 0.05) is 12.1 Å². The molecule has 0 aliphatic rings. The number of allylic oxidation sites excluding steroid dienone is 3. The van der Waals surface area contributed by atoms with E-state index in [1.165, 1.54) is 6.20 Å². The molecule has 1 rings (SSSR count). The smallest absolute Gasteiger partial charge is 0.316 e. The number of carbonyl (C=O) groups excluding carboxylic acids is 1. The standard InChI is InChI=1S/C18H22N4O/c1-14(22-18(21)23)12-15(9-11-20)13-17(8-5-10-19)16-6-3-2-4-7-16/h2-4,6-7,9,11-12,17H,1,5,8,13,20H2,(H3,21,22,23)/b11-9-,15-12+. The molecular weight excluding hydrogens is 288 g/mol. The van der Waals surface area contributed by atoms with Gasteiger partial charge in [-0.1, -0.05) is 36.9 Å². The van der Waals surface area contributed by atoms with E-state index in [1.807, 2.05) is 30.3 Å². The van der Waals surface area contributed by atoms with Gasteiger partial charge < -0.3 is 16.8 Å². The van der Waals surface area contributed by atoms with Gasteiger partial charge in [0.2, 0.25) is 0 Å². The minimum atomic E-state index is -0.661. The second-order valence-corrected chi connectivity index (χ2v) is 5.10. The van der Waals surface area contributed by atoms with Gasteiger partial charge in [-0.15, -0.1) is 0 Å². The molecule has 0 spiro atoms. The Hall–Kier alpha value is -3.00. The minimum absolute atomic E-state index is 0.180. The Morgan fingerprint density at radius 1 is 1.39 bits per heavy atom. The first-order chi connectivity index (χ1) is 11.1. The number of amides is 2. The van der Waals surface area contributed by atoms with Gasteiger partial charge in [-0.05, 0) is 48.2 Å². The summed E-state index contributed by atoms with van der Waals surface area (Å²) in [4.78, 5) is 10.9. The van der Waals surface area contributed by atoms with E-state index < -0.39 is 6.03 Å². The van der Waals surface area contributed by atoms with Gasteiger partial charge in [0.05, 0.1) is 6.07 Å². The lowest BCUT2D eigenvalue weighted by atomic mass is 9.88. The summed E-state index contributed by atoms with van der Waals surface area (Å²) < 4.78 is 0. The zero-order chi connectivity index (χ0) is 17.1. The molecule has 1 atom stereocenters. The third-order valence-electron chi connectivity index (χ3n) is 3.31. The van der Waals surface area contributed by atoms with Gasteiger partial charge in [-0.25, -0.2) is 4.79 Å². The Labute approximate surface area is 137 Å². The SMILES string of the molecule is C=C(/C=C(\C=C/N)CC(CCC#N)c1ccccc1)NC(N)=O. The Bertz CT molecular complexity index is 626. The largest absolute Gasteiger partial charge is 0.405 e. The molecule has 0 aromatic heterocycles. The third kappa shape index (κ3) is 7.00. The van der Waals surface area contributed by atoms with E-state index >= 15 is 0 Å². The number of hydrogen-bond acceptors (Lipinski definition) is 3. The number of urea groups is 1. The highest BCUT2D eigenvalue weighted by molar-refractivity contribution is 5.74. The molecule has 1 aromatic rings. The van der Waals surface area contributed by atoms with Crippen molar-refractivity contribution < 1.29 is 4.79 Å². The van der Waals surface area contributed by atoms with Crippen molar-refractivity contribution in [1.29, 1.82) is 5.26 Å². The topological polar surface area (TPSA) is 105 Å². The number of nitrogens with one attached hydrogen (secondary N) is 1. The van der Waals surface area contributed by atoms with Crippen LogP contribution in [0.3, 0.4) is 0 Å². The van der Waals surface area contributed by atoms with Crippen molar-refractivity contribution in [1.82, 2.24) is 5.32 Å². The molecule has 1 aromatic carbocycles. The van der Waals surface area contributed by atoms with Crippen molar-refractivity contribution in [3.05, 3.63) is 72.1 Å². The summed E-state index contributed by atoms with van der Waals surface area (Å²) in [6, 6.07) is 11.5. The number of rotatable bonds is 8. The predicted molar refractivity (Wildman–Crippen MR) is 91.9 cm³/mol. The molecule has 0 bridgehead atoms. The van der Waals surface area contributed by atoms with E-state index in [0.717, 1.165) is 17.6 Å². The fraction of sp³-hybridized carbons (Fsp3) is 0.222. The maximum absolute atomic E-state index is 10.9. The lowest BCUT2D eigenvalue weighted by Crippen LogP contribution is -2.27. The zero-order valence-corrected chi connectivity index (χ0v) is 13.0. The van der Waals surface area contributed by atoms with Crippen molar-refractivity contribution in [2.75, 3.05) is 0 Å². The first kappa shape index (κ1) is 18.1. The Morgan fingerprint density at radius 3 is 2.65 bits per heavy atom. The van der Waals surface area contributed by atoms with Crippen LogP contribution < -0.4 is 16.8 Å². The lowest BCUT2D eigenvalue weighted by Gasteiger charge is -2.17. The summed E-state index contributed by atoms with van der Waals surface area (Å²) in [5.74, 6) is 0.180. The van der Waals surface area contributed by atoms with Crippen molar-refractivity contribution in [3.8, 4) is 6.07 Å². The molecule has 0 radical (unpaired) electrons. The number of nitriles is 1. The summed E-state index contributed by atoms with van der Waals surface area (Å²) in [5, 5.41) is 11.3. The van der Waals surface area contributed by atoms with Crippen LogP contribution in [0.1, 0.15) is 30.7 Å². The van der Waals surface area contributed by atoms with Crippen molar-refractivity contribution in [2.45, 2.75) is 25.2 Å². The zero-order valence-electron chi connectivity index (χ0n) is 13.0. The minimum Gasteiger partial charge on any atom is -0.405 e. The molecule has 0 aliphatic carbocycles. The quantitative estimate of drug-likeness (QED) is 0.642. The fourth-order valence-corrected chi connectivity index (χ4v) is 2.35. The van der Waals surface area contributed by atoms with E-state index in [9.17, 15) is 4.79 Å². The van der Waals surface area contributed by atoms with Crippen LogP contribution in [0.5, 0.6) is 0 Å². The molecular formula is C18H22N4O. The van der Waals surface area contributed by atoms with Crippen LogP contribution in [-0.4, -0.2) is 6.03 Å². The molecule has 0 aliphatic heterocycles. The van der Waals surface area contributed by atoms with Crippen molar-refractivity contribution in [3.63, 3.8) is 0 Å². The highest BCUT2D eigenvalue weighted by Crippen LogP contribution is 2.29. The van der Waals surface area contributed by atoms with Crippen LogP contribution in [0.4, 0.5) is 4.79 Å². The monoisotopic (exact) mass is 310 g/mol. The number of hydrogen-bond donors (Lipinski definition) is 3. The summed E-state index contributed by atoms with van der Waals surface area (Å²) in [6.45, 7) is 3.74. The molecule has 2 amide bonds. The van der Waals surface area contributed by atoms with Crippen LogP contribution in [0.2, 0.25) is 0 Å². The molecule has 0 fully saturated rings. The maximum atomic E-state index is 10.9. The van der Waals surface area contributed by atoms with Gasteiger partial charge in [0.1, 0.15) is 0 Å². The molecule has 5 heteroatoms. The second-order valence-electron chi connectivity index (χ2n) is 5.10. The highest BCUT2D eigenvalue weighted by Gasteiger charge is 2.13. The highest BCUT2D eigenvalue weighted by atomic mass is 16.2. The Kier molecular flexibility index (Phi) is 7.73. The number of benzene rings is 1. The molecule has 0 heterocycles. The van der Waals surface area contributed by atoms with Crippen LogP contribution in [0.15, 0.2) is 66.5 Å². The van der Waals surface area contributed by atoms with Gasteiger partial charge in [-0.3, -0.25) is 0 Å². The molecule has 120 valence electrons. The third-order valence-corrected chi connectivity index (χ3v) is 3.31. The van der Waals surface area contributed by atoms with Crippen molar-refractivity contribution in [2.24, 2.45) is 11.5 Å². The molecule has 0 saturated heterocycles. The second kappa shape index (κ2) is 9.85. The van der Waals surface area contributed by atoms with Gasteiger partial charge >= 0.3 is 6.03 Å². The molecule has 5 nitrogen and oxygen atoms in total.